The SMILES string of the molecule is Cc1ncn(-c2ncc(F)cc2C(=O)O)c1C. The first-order chi connectivity index (χ1) is 8.00. The summed E-state index contributed by atoms with van der Waals surface area (Å²) in [7, 11) is 0. The molecular formula is C11H10FN3O2. The lowest BCUT2D eigenvalue weighted by Gasteiger charge is -2.07. The molecule has 0 bridgehead atoms. The fourth-order valence-corrected chi connectivity index (χ4v) is 1.49. The van der Waals surface area contributed by atoms with Gasteiger partial charge in [0.25, 0.3) is 0 Å². The van der Waals surface area contributed by atoms with Crippen molar-refractivity contribution in [2.24, 2.45) is 0 Å². The maximum absolute atomic E-state index is 13.0. The number of rotatable bonds is 2. The maximum Gasteiger partial charge on any atom is 0.339 e. The number of carboxylic acid groups (broad SMARTS) is 1. The van der Waals surface area contributed by atoms with Crippen molar-refractivity contribution in [3.05, 3.63) is 41.4 Å². The van der Waals surface area contributed by atoms with Gasteiger partial charge in [-0.2, -0.15) is 0 Å². The van der Waals surface area contributed by atoms with Crippen molar-refractivity contribution in [1.82, 2.24) is 14.5 Å². The third kappa shape index (κ3) is 1.89. The molecule has 0 unspecified atom stereocenters. The molecule has 1 N–H and O–H groups in total. The molecule has 5 nitrogen and oxygen atoms in total. The quantitative estimate of drug-likeness (QED) is 0.860. The van der Waals surface area contributed by atoms with Gasteiger partial charge in [-0.25, -0.2) is 19.2 Å². The Kier molecular flexibility index (Phi) is 2.63. The lowest BCUT2D eigenvalue weighted by atomic mass is 10.2. The van der Waals surface area contributed by atoms with Crippen LogP contribution in [0.5, 0.6) is 0 Å². The lowest BCUT2D eigenvalue weighted by Crippen LogP contribution is -2.09. The number of pyridine rings is 1. The van der Waals surface area contributed by atoms with Crippen LogP contribution in [0.4, 0.5) is 4.39 Å². The summed E-state index contributed by atoms with van der Waals surface area (Å²) in [6.45, 7) is 3.59. The summed E-state index contributed by atoms with van der Waals surface area (Å²) in [6, 6.07) is 0.944. The van der Waals surface area contributed by atoms with Crippen molar-refractivity contribution >= 4 is 5.97 Å². The van der Waals surface area contributed by atoms with E-state index in [1.807, 2.05) is 0 Å². The van der Waals surface area contributed by atoms with Crippen LogP contribution in [0, 0.1) is 19.7 Å². The van der Waals surface area contributed by atoms with Crippen LogP contribution in [0.25, 0.3) is 5.82 Å². The van der Waals surface area contributed by atoms with Crippen molar-refractivity contribution in [2.75, 3.05) is 0 Å². The van der Waals surface area contributed by atoms with Crippen LogP contribution in [0.3, 0.4) is 0 Å². The average Bonchev–Trinajstić information content (AvgIpc) is 2.60. The molecule has 0 saturated heterocycles. The number of aromatic nitrogens is 3. The van der Waals surface area contributed by atoms with E-state index >= 15 is 0 Å². The van der Waals surface area contributed by atoms with Crippen LogP contribution in [0.2, 0.25) is 0 Å². The molecule has 0 radical (unpaired) electrons. The molecule has 0 saturated carbocycles. The van der Waals surface area contributed by atoms with E-state index in [9.17, 15) is 9.18 Å². The molecule has 0 atom stereocenters. The predicted octanol–water partition coefficient (Wildman–Crippen LogP) is 1.72. The van der Waals surface area contributed by atoms with E-state index < -0.39 is 11.8 Å². The van der Waals surface area contributed by atoms with Gasteiger partial charge < -0.3 is 5.11 Å². The number of carboxylic acids is 1. The zero-order valence-electron chi connectivity index (χ0n) is 9.31. The smallest absolute Gasteiger partial charge is 0.339 e. The molecule has 0 spiro atoms. The van der Waals surface area contributed by atoms with Crippen LogP contribution in [0.15, 0.2) is 18.6 Å². The Bertz CT molecular complexity index is 592. The number of nitrogens with zero attached hydrogens (tertiary/aromatic N) is 3. The highest BCUT2D eigenvalue weighted by atomic mass is 19.1. The van der Waals surface area contributed by atoms with E-state index in [1.54, 1.807) is 13.8 Å². The van der Waals surface area contributed by atoms with Crippen molar-refractivity contribution < 1.29 is 14.3 Å². The largest absolute Gasteiger partial charge is 0.478 e. The summed E-state index contributed by atoms with van der Waals surface area (Å²) in [4.78, 5) is 18.9. The van der Waals surface area contributed by atoms with E-state index in [-0.39, 0.29) is 11.4 Å². The van der Waals surface area contributed by atoms with Gasteiger partial charge in [0.2, 0.25) is 0 Å². The molecule has 88 valence electrons. The van der Waals surface area contributed by atoms with Crippen LogP contribution >= 0.6 is 0 Å². The second-order valence-electron chi connectivity index (χ2n) is 3.62. The molecule has 2 rings (SSSR count). The van der Waals surface area contributed by atoms with E-state index in [2.05, 4.69) is 9.97 Å². The van der Waals surface area contributed by atoms with Gasteiger partial charge in [0.15, 0.2) is 5.82 Å². The van der Waals surface area contributed by atoms with Crippen molar-refractivity contribution in [3.8, 4) is 5.82 Å². The minimum Gasteiger partial charge on any atom is -0.478 e. The molecule has 2 aromatic rings. The summed E-state index contributed by atoms with van der Waals surface area (Å²) >= 11 is 0. The molecule has 17 heavy (non-hydrogen) atoms. The second-order valence-corrected chi connectivity index (χ2v) is 3.62. The number of imidazole rings is 1. The number of aryl methyl sites for hydroxylation is 1. The van der Waals surface area contributed by atoms with Gasteiger partial charge in [-0.05, 0) is 19.9 Å². The van der Waals surface area contributed by atoms with Crippen LogP contribution in [-0.4, -0.2) is 25.6 Å². The highest BCUT2D eigenvalue weighted by Gasteiger charge is 2.16. The minimum absolute atomic E-state index is 0.164. The summed E-state index contributed by atoms with van der Waals surface area (Å²) < 4.78 is 14.5. The summed E-state index contributed by atoms with van der Waals surface area (Å²) in [6.07, 6.45) is 2.45. The molecule has 6 heteroatoms. The zero-order chi connectivity index (χ0) is 12.6. The van der Waals surface area contributed by atoms with E-state index in [4.69, 9.17) is 5.11 Å². The monoisotopic (exact) mass is 235 g/mol. The Labute approximate surface area is 96.6 Å². The van der Waals surface area contributed by atoms with E-state index in [0.717, 1.165) is 23.7 Å². The van der Waals surface area contributed by atoms with Gasteiger partial charge in [0.1, 0.15) is 17.7 Å². The van der Waals surface area contributed by atoms with Crippen LogP contribution < -0.4 is 0 Å². The first-order valence-electron chi connectivity index (χ1n) is 4.90. The zero-order valence-corrected chi connectivity index (χ0v) is 9.31. The maximum atomic E-state index is 13.0. The molecule has 0 aliphatic rings. The van der Waals surface area contributed by atoms with Crippen LogP contribution in [-0.2, 0) is 0 Å². The molecule has 0 fully saturated rings. The molecule has 2 aromatic heterocycles. The number of hydrogen-bond donors (Lipinski definition) is 1. The number of hydrogen-bond acceptors (Lipinski definition) is 3. The van der Waals surface area contributed by atoms with Gasteiger partial charge in [-0.15, -0.1) is 0 Å². The third-order valence-corrected chi connectivity index (χ3v) is 2.54. The second kappa shape index (κ2) is 3.97. The molecule has 2 heterocycles. The normalized spacial score (nSPS) is 10.5. The highest BCUT2D eigenvalue weighted by Crippen LogP contribution is 2.16. The number of carbonyl (C=O) groups is 1. The Morgan fingerprint density at radius 2 is 2.12 bits per heavy atom. The number of aromatic carboxylic acids is 1. The molecular weight excluding hydrogens is 225 g/mol. The summed E-state index contributed by atoms with van der Waals surface area (Å²) in [5.74, 6) is -1.74. The van der Waals surface area contributed by atoms with Crippen molar-refractivity contribution in [1.29, 1.82) is 0 Å². The Hall–Kier alpha value is -2.24. The molecule has 0 aromatic carbocycles. The summed E-state index contributed by atoms with van der Waals surface area (Å²) in [5, 5.41) is 9.01. The van der Waals surface area contributed by atoms with E-state index in [1.165, 1.54) is 10.9 Å². The van der Waals surface area contributed by atoms with Gasteiger partial charge in [-0.3, -0.25) is 4.57 Å². The highest BCUT2D eigenvalue weighted by molar-refractivity contribution is 5.91. The van der Waals surface area contributed by atoms with Gasteiger partial charge >= 0.3 is 5.97 Å². The minimum atomic E-state index is -1.22. The van der Waals surface area contributed by atoms with Crippen molar-refractivity contribution in [3.63, 3.8) is 0 Å². The molecule has 0 aliphatic carbocycles. The first-order valence-corrected chi connectivity index (χ1v) is 4.90. The van der Waals surface area contributed by atoms with Gasteiger partial charge in [0, 0.05) is 5.69 Å². The Balaban J connectivity index is 2.67. The van der Waals surface area contributed by atoms with Gasteiger partial charge in [0.05, 0.1) is 11.9 Å². The topological polar surface area (TPSA) is 68.0 Å². The molecule has 0 aliphatic heterocycles. The fraction of sp³-hybridized carbons (Fsp3) is 0.182. The van der Waals surface area contributed by atoms with Crippen molar-refractivity contribution in [2.45, 2.75) is 13.8 Å². The fourth-order valence-electron chi connectivity index (χ4n) is 1.49. The lowest BCUT2D eigenvalue weighted by molar-refractivity contribution is 0.0696. The Morgan fingerprint density at radius 1 is 1.41 bits per heavy atom. The number of halogens is 1. The summed E-state index contributed by atoms with van der Waals surface area (Å²) in [5.41, 5.74) is 1.35. The average molecular weight is 235 g/mol. The predicted molar refractivity (Wildman–Crippen MR) is 57.8 cm³/mol. The van der Waals surface area contributed by atoms with Crippen LogP contribution in [0.1, 0.15) is 21.7 Å². The van der Waals surface area contributed by atoms with Gasteiger partial charge in [-0.1, -0.05) is 0 Å². The third-order valence-electron chi connectivity index (χ3n) is 2.54. The Morgan fingerprint density at radius 3 is 2.65 bits per heavy atom. The van der Waals surface area contributed by atoms with E-state index in [0.29, 0.717) is 0 Å². The standard InChI is InChI=1S/C11H10FN3O2/c1-6-7(2)15(5-14-6)10-9(11(16)17)3-8(12)4-13-10/h3-5H,1-2H3,(H,16,17). The first kappa shape index (κ1) is 11.3. The molecule has 0 amide bonds.